The van der Waals surface area contributed by atoms with E-state index < -0.39 is 0 Å². The molecule has 0 saturated carbocycles. The van der Waals surface area contributed by atoms with Crippen LogP contribution in [-0.4, -0.2) is 66.6 Å². The molecule has 1 N–H and O–H groups in total. The van der Waals surface area contributed by atoms with Crippen molar-refractivity contribution in [2.45, 2.75) is 18.9 Å². The molecule has 7 nitrogen and oxygen atoms in total. The molecule has 6 aromatic carbocycles. The van der Waals surface area contributed by atoms with Crippen LogP contribution < -0.4 is 26.8 Å². The lowest BCUT2D eigenvalue weighted by atomic mass is 9.67. The number of anilines is 1. The summed E-state index contributed by atoms with van der Waals surface area (Å²) in [6.07, 6.45) is 14.1. The Morgan fingerprint density at radius 1 is 0.587 bits per heavy atom. The Kier molecular flexibility index (Phi) is 9.23. The third kappa shape index (κ3) is 6.13. The fourth-order valence-corrected chi connectivity index (χ4v) is 9.34. The summed E-state index contributed by atoms with van der Waals surface area (Å²) in [6.45, 7) is 4.53. The second-order valence-corrected chi connectivity index (χ2v) is 15.9. The van der Waals surface area contributed by atoms with Crippen LogP contribution in [0.3, 0.4) is 0 Å². The zero-order chi connectivity index (χ0) is 42.9. The van der Waals surface area contributed by atoms with Crippen molar-refractivity contribution in [3.05, 3.63) is 181 Å². The number of hydrogen-bond acceptors (Lipinski definition) is 5. The first-order valence-corrected chi connectivity index (χ1v) is 20.8. The van der Waals surface area contributed by atoms with E-state index in [1.165, 1.54) is 5.57 Å². The van der Waals surface area contributed by atoms with Crippen LogP contribution in [0, 0.1) is 0 Å². The van der Waals surface area contributed by atoms with Gasteiger partial charge in [-0.2, -0.15) is 9.97 Å². The Balaban J connectivity index is 1.21. The molecule has 0 amide bonds. The average Bonchev–Trinajstić information content (AvgIpc) is 3.86. The molecule has 0 saturated heterocycles. The number of nitrogens with zero attached hydrogens (tertiary/aromatic N) is 6. The highest BCUT2D eigenvalue weighted by molar-refractivity contribution is 6.61. The molecule has 290 valence electrons. The van der Waals surface area contributed by atoms with Gasteiger partial charge in [0, 0.05) is 49.8 Å². The SMILES string of the molecule is [B]c1c([B])c(O)c([B])c(-n2c3ccccc3c3ccc4c5ccccc5n(-c5nc(/C6=C/C=C\C(=C)N(c7ccccc7)C7CC=CC=C7C6)nc(-c6ccccc6)n5)c4c32)c1[B]. The highest BCUT2D eigenvalue weighted by Crippen LogP contribution is 2.42. The summed E-state index contributed by atoms with van der Waals surface area (Å²) in [5.41, 5.74) is 8.65. The predicted molar refractivity (Wildman–Crippen MR) is 263 cm³/mol. The van der Waals surface area contributed by atoms with E-state index in [4.69, 9.17) is 46.3 Å². The standard InChI is InChI=1S/C52H34B4N6O/c1-30-15-14-19-33(29-32-18-8-11-24-39(32)60(30)34-20-6-3-7-21-34)51-57-50(31-16-4-2-5-17-31)58-52(59-51)62-41-26-13-10-23-36(41)38-28-27-37-35-22-9-12-25-40(35)61(46(37)47(38)62)48-43(54)42(53)44(55)49(63)45(48)56/h2-23,25-28,39,63H,1,24,29H2/b15-14-,33-19+. The van der Waals surface area contributed by atoms with E-state index in [-0.39, 0.29) is 33.6 Å². The Morgan fingerprint density at radius 2 is 1.21 bits per heavy atom. The zero-order valence-corrected chi connectivity index (χ0v) is 34.1. The summed E-state index contributed by atoms with van der Waals surface area (Å²) in [4.78, 5) is 18.3. The first kappa shape index (κ1) is 38.4. The molecule has 2 aliphatic rings. The van der Waals surface area contributed by atoms with Crippen molar-refractivity contribution in [1.29, 1.82) is 0 Å². The van der Waals surface area contributed by atoms with Gasteiger partial charge in [-0.3, -0.25) is 4.57 Å². The molecule has 1 aliphatic carbocycles. The number of aromatic nitrogens is 5. The maximum Gasteiger partial charge on any atom is 0.238 e. The molecular weight excluding hydrogens is 768 g/mol. The molecule has 4 heterocycles. The quantitative estimate of drug-likeness (QED) is 0.186. The van der Waals surface area contributed by atoms with Gasteiger partial charge in [0.05, 0.1) is 28.1 Å². The first-order chi connectivity index (χ1) is 30.8. The third-order valence-electron chi connectivity index (χ3n) is 12.3. The minimum Gasteiger partial charge on any atom is -0.509 e. The van der Waals surface area contributed by atoms with Crippen LogP contribution in [0.4, 0.5) is 5.69 Å². The molecule has 1 unspecified atom stereocenters. The molecule has 8 radical (unpaired) electrons. The van der Waals surface area contributed by atoms with E-state index in [0.717, 1.165) is 72.6 Å². The van der Waals surface area contributed by atoms with Crippen molar-refractivity contribution in [1.82, 2.24) is 24.1 Å². The largest absolute Gasteiger partial charge is 0.509 e. The van der Waals surface area contributed by atoms with E-state index in [2.05, 4.69) is 101 Å². The first-order valence-electron chi connectivity index (χ1n) is 20.8. The van der Waals surface area contributed by atoms with Crippen LogP contribution in [0.15, 0.2) is 176 Å². The van der Waals surface area contributed by atoms with Crippen LogP contribution in [0.5, 0.6) is 5.75 Å². The second-order valence-electron chi connectivity index (χ2n) is 15.9. The molecule has 0 spiro atoms. The average molecular weight is 802 g/mol. The van der Waals surface area contributed by atoms with Gasteiger partial charge < -0.3 is 14.6 Å². The molecule has 1 atom stereocenters. The van der Waals surface area contributed by atoms with Gasteiger partial charge in [-0.25, -0.2) is 4.98 Å². The highest BCUT2D eigenvalue weighted by atomic mass is 16.3. The van der Waals surface area contributed by atoms with E-state index >= 15 is 0 Å². The van der Waals surface area contributed by atoms with Gasteiger partial charge in [0.25, 0.3) is 0 Å². The maximum absolute atomic E-state index is 11.2. The van der Waals surface area contributed by atoms with Crippen LogP contribution in [0.2, 0.25) is 0 Å². The van der Waals surface area contributed by atoms with Gasteiger partial charge in [-0.15, -0.1) is 5.46 Å². The number of phenolic OH excluding ortho intramolecular Hbond substituents is 1. The lowest BCUT2D eigenvalue weighted by molar-refractivity contribution is 0.484. The Bertz CT molecular complexity index is 3470. The summed E-state index contributed by atoms with van der Waals surface area (Å²) >= 11 is 0. The summed E-state index contributed by atoms with van der Waals surface area (Å²) in [7, 11) is 26.3. The molecule has 0 bridgehead atoms. The summed E-state index contributed by atoms with van der Waals surface area (Å²) in [6, 6.07) is 40.9. The molecule has 11 heteroatoms. The van der Waals surface area contributed by atoms with Gasteiger partial charge in [0.1, 0.15) is 37.1 Å². The number of rotatable bonds is 5. The molecule has 0 fully saturated rings. The number of allylic oxidation sites excluding steroid dienone is 6. The van der Waals surface area contributed by atoms with E-state index in [1.807, 2.05) is 77.4 Å². The van der Waals surface area contributed by atoms with Gasteiger partial charge in [-0.05, 0) is 54.2 Å². The van der Waals surface area contributed by atoms with Crippen molar-refractivity contribution >= 4 is 108 Å². The fraction of sp³-hybridized carbons (Fsp3) is 0.0577. The number of phenols is 1. The van der Waals surface area contributed by atoms with Gasteiger partial charge in [0.15, 0.2) is 11.6 Å². The van der Waals surface area contributed by atoms with Crippen molar-refractivity contribution in [2.24, 2.45) is 0 Å². The van der Waals surface area contributed by atoms with Crippen molar-refractivity contribution in [3.63, 3.8) is 0 Å². The number of aromatic hydroxyl groups is 1. The molecule has 11 rings (SSSR count). The molecule has 63 heavy (non-hydrogen) atoms. The highest BCUT2D eigenvalue weighted by Gasteiger charge is 2.29. The number of hydrogen-bond donors (Lipinski definition) is 1. The van der Waals surface area contributed by atoms with Gasteiger partial charge in [0.2, 0.25) is 5.95 Å². The summed E-state index contributed by atoms with van der Waals surface area (Å²) in [5, 5.41) is 15.0. The smallest absolute Gasteiger partial charge is 0.238 e. The zero-order valence-electron chi connectivity index (χ0n) is 34.1. The Morgan fingerprint density at radius 3 is 1.92 bits per heavy atom. The third-order valence-corrected chi connectivity index (χ3v) is 12.3. The van der Waals surface area contributed by atoms with E-state index in [1.54, 1.807) is 0 Å². The Labute approximate surface area is 369 Å². The molecule has 9 aromatic rings. The Hall–Kier alpha value is -7.51. The minimum absolute atomic E-state index is 0.00852. The molecule has 1 aliphatic heterocycles. The second kappa shape index (κ2) is 15.1. The van der Waals surface area contributed by atoms with Crippen LogP contribution >= 0.6 is 0 Å². The van der Waals surface area contributed by atoms with Crippen LogP contribution in [0.25, 0.3) is 72.2 Å². The number of fused-ring (bicyclic) bond motifs is 8. The van der Waals surface area contributed by atoms with Crippen LogP contribution in [0.1, 0.15) is 18.7 Å². The normalized spacial score (nSPS) is 16.7. The fourth-order valence-electron chi connectivity index (χ4n) is 9.34. The van der Waals surface area contributed by atoms with Gasteiger partial charge >= 0.3 is 0 Å². The van der Waals surface area contributed by atoms with Gasteiger partial charge in [-0.1, -0.05) is 145 Å². The topological polar surface area (TPSA) is 72.0 Å². The number of benzene rings is 6. The van der Waals surface area contributed by atoms with Crippen molar-refractivity contribution in [2.75, 3.05) is 4.90 Å². The monoisotopic (exact) mass is 802 g/mol. The van der Waals surface area contributed by atoms with E-state index in [9.17, 15) is 5.11 Å². The van der Waals surface area contributed by atoms with Crippen LogP contribution in [-0.2, 0) is 0 Å². The lowest BCUT2D eigenvalue weighted by Gasteiger charge is -2.36. The lowest BCUT2D eigenvalue weighted by Crippen LogP contribution is -2.45. The van der Waals surface area contributed by atoms with E-state index in [0.29, 0.717) is 29.7 Å². The van der Waals surface area contributed by atoms with Crippen molar-refractivity contribution < 1.29 is 5.11 Å². The van der Waals surface area contributed by atoms with Crippen molar-refractivity contribution in [3.8, 4) is 28.8 Å². The predicted octanol–water partition coefficient (Wildman–Crippen LogP) is 7.23. The summed E-state index contributed by atoms with van der Waals surface area (Å²) < 4.78 is 4.08. The maximum atomic E-state index is 11.2. The number of para-hydroxylation sites is 3. The summed E-state index contributed by atoms with van der Waals surface area (Å²) in [5.74, 6) is 1.15. The molecule has 3 aromatic heterocycles. The molecular formula is C52H34B4N6O. The minimum atomic E-state index is -0.330.